The molecule has 2 aromatic carbocycles. The van der Waals surface area contributed by atoms with Gasteiger partial charge in [0, 0.05) is 18.5 Å². The van der Waals surface area contributed by atoms with Crippen LogP contribution in [0.1, 0.15) is 61.3 Å². The molecule has 0 saturated heterocycles. The molecule has 0 aliphatic heterocycles. The van der Waals surface area contributed by atoms with Crippen molar-refractivity contribution >= 4 is 17.3 Å². The molecule has 3 rings (SSSR count). The number of unbranched alkanes of at least 4 members (excludes halogenated alkanes) is 1. The number of imidazole rings is 1. The first-order valence-corrected chi connectivity index (χ1v) is 11.0. The van der Waals surface area contributed by atoms with Crippen LogP contribution in [-0.4, -0.2) is 40.4 Å². The molecule has 0 fully saturated rings. The number of carbonyl (C=O) groups is 1. The lowest BCUT2D eigenvalue weighted by atomic mass is 10.2. The summed E-state index contributed by atoms with van der Waals surface area (Å²) in [6, 6.07) is 16.3. The zero-order valence-corrected chi connectivity index (χ0v) is 17.8. The van der Waals surface area contributed by atoms with Gasteiger partial charge < -0.3 is 9.47 Å². The van der Waals surface area contributed by atoms with Crippen molar-refractivity contribution in [1.29, 1.82) is 0 Å². The molecule has 0 radical (unpaired) electrons. The summed E-state index contributed by atoms with van der Waals surface area (Å²) in [6.45, 7) is 8.83. The Bertz CT molecular complexity index is 895. The summed E-state index contributed by atoms with van der Waals surface area (Å²) in [6.07, 6.45) is 6.62. The van der Waals surface area contributed by atoms with Crippen LogP contribution in [0.5, 0.6) is 0 Å². The van der Waals surface area contributed by atoms with Crippen molar-refractivity contribution in [2.45, 2.75) is 52.5 Å². The van der Waals surface area contributed by atoms with Gasteiger partial charge in [-0.05, 0) is 69.1 Å². The normalized spacial score (nSPS) is 11.4. The van der Waals surface area contributed by atoms with Crippen molar-refractivity contribution in [3.63, 3.8) is 0 Å². The van der Waals surface area contributed by atoms with Crippen LogP contribution in [0.4, 0.5) is 0 Å². The number of fused-ring (bicyclic) bond motifs is 1. The summed E-state index contributed by atoms with van der Waals surface area (Å²) in [5, 5.41) is 0. The van der Waals surface area contributed by atoms with Gasteiger partial charge in [0.1, 0.15) is 12.1 Å². The van der Waals surface area contributed by atoms with E-state index in [4.69, 9.17) is 4.98 Å². The predicted octanol–water partition coefficient (Wildman–Crippen LogP) is 5.34. The summed E-state index contributed by atoms with van der Waals surface area (Å²) in [4.78, 5) is 18.8. The third kappa shape index (κ3) is 5.77. The average molecular weight is 392 g/mol. The van der Waals surface area contributed by atoms with Gasteiger partial charge in [-0.25, -0.2) is 4.98 Å². The van der Waals surface area contributed by atoms with E-state index in [0.29, 0.717) is 5.56 Å². The quantitative estimate of drug-likeness (QED) is 0.309. The van der Waals surface area contributed by atoms with Crippen LogP contribution in [-0.2, 0) is 13.0 Å². The van der Waals surface area contributed by atoms with E-state index in [1.807, 2.05) is 24.3 Å². The Hall–Kier alpha value is -2.46. The zero-order valence-electron chi connectivity index (χ0n) is 17.8. The number of hydrogen-bond acceptors (Lipinski definition) is 3. The van der Waals surface area contributed by atoms with Gasteiger partial charge in [0.25, 0.3) is 0 Å². The molecule has 3 aromatic rings. The van der Waals surface area contributed by atoms with Crippen molar-refractivity contribution in [3.05, 3.63) is 65.5 Å². The van der Waals surface area contributed by atoms with E-state index in [2.05, 4.69) is 47.6 Å². The second-order valence-corrected chi connectivity index (χ2v) is 7.76. The minimum Gasteiger partial charge on any atom is -0.323 e. The fourth-order valence-electron chi connectivity index (χ4n) is 3.98. The summed E-state index contributed by atoms with van der Waals surface area (Å²) >= 11 is 0. The Kier molecular flexibility index (Phi) is 8.00. The maximum absolute atomic E-state index is 11.3. The van der Waals surface area contributed by atoms with E-state index in [0.717, 1.165) is 49.1 Å². The van der Waals surface area contributed by atoms with E-state index in [9.17, 15) is 4.79 Å². The Morgan fingerprint density at radius 3 is 2.41 bits per heavy atom. The highest BCUT2D eigenvalue weighted by Gasteiger charge is 2.12. The van der Waals surface area contributed by atoms with Gasteiger partial charge in [0.15, 0.2) is 0 Å². The number of aryl methyl sites for hydroxylation is 1. The second-order valence-electron chi connectivity index (χ2n) is 7.76. The number of hydrogen-bond donors (Lipinski definition) is 0. The number of rotatable bonds is 12. The Morgan fingerprint density at radius 2 is 1.72 bits per heavy atom. The van der Waals surface area contributed by atoms with Crippen molar-refractivity contribution < 1.29 is 4.79 Å². The summed E-state index contributed by atoms with van der Waals surface area (Å²) in [5.74, 6) is 1.12. The second kappa shape index (κ2) is 10.9. The Labute approximate surface area is 174 Å². The van der Waals surface area contributed by atoms with E-state index in [-0.39, 0.29) is 0 Å². The van der Waals surface area contributed by atoms with Crippen LogP contribution in [0.3, 0.4) is 0 Å². The van der Waals surface area contributed by atoms with Gasteiger partial charge in [-0.2, -0.15) is 0 Å². The molecule has 0 bridgehead atoms. The third-order valence-corrected chi connectivity index (χ3v) is 5.38. The molecule has 4 nitrogen and oxygen atoms in total. The molecule has 0 atom stereocenters. The first-order chi connectivity index (χ1) is 14.2. The number of aromatic nitrogens is 2. The summed E-state index contributed by atoms with van der Waals surface area (Å²) < 4.78 is 2.29. The fraction of sp³-hybridized carbons (Fsp3) is 0.440. The van der Waals surface area contributed by atoms with E-state index >= 15 is 0 Å². The first kappa shape index (κ1) is 21.3. The smallest absolute Gasteiger partial charge is 0.150 e. The number of benzene rings is 2. The van der Waals surface area contributed by atoms with Crippen LogP contribution in [0.25, 0.3) is 11.0 Å². The lowest BCUT2D eigenvalue weighted by Crippen LogP contribution is -2.26. The molecular formula is C25H33N3O. The highest BCUT2D eigenvalue weighted by molar-refractivity contribution is 5.85. The number of aldehydes is 1. The molecule has 0 amide bonds. The molecule has 0 N–H and O–H groups in total. The Morgan fingerprint density at radius 1 is 0.966 bits per heavy atom. The van der Waals surface area contributed by atoms with Gasteiger partial charge in [-0.3, -0.25) is 4.79 Å². The minimum absolute atomic E-state index is 0.702. The maximum Gasteiger partial charge on any atom is 0.150 e. The van der Waals surface area contributed by atoms with Crippen LogP contribution in [0.2, 0.25) is 0 Å². The topological polar surface area (TPSA) is 38.1 Å². The standard InChI is InChI=1S/C25H33N3O/c1-3-15-27(16-4-2)17-9-8-12-25-26-23-14-13-22(20-29)18-24(23)28(25)19-21-10-6-5-7-11-21/h5-7,10-11,13-14,18,20H,3-4,8-9,12,15-17,19H2,1-2H3. The molecule has 0 unspecified atom stereocenters. The van der Waals surface area contributed by atoms with Gasteiger partial charge in [-0.15, -0.1) is 0 Å². The number of carbonyl (C=O) groups excluding carboxylic acids is 1. The molecule has 1 heterocycles. The molecule has 1 aromatic heterocycles. The molecular weight excluding hydrogens is 358 g/mol. The van der Waals surface area contributed by atoms with E-state index < -0.39 is 0 Å². The van der Waals surface area contributed by atoms with E-state index in [1.54, 1.807) is 0 Å². The van der Waals surface area contributed by atoms with Gasteiger partial charge in [-0.1, -0.05) is 44.2 Å². The summed E-state index contributed by atoms with van der Waals surface area (Å²) in [7, 11) is 0. The predicted molar refractivity (Wildman–Crippen MR) is 121 cm³/mol. The fourth-order valence-corrected chi connectivity index (χ4v) is 3.98. The lowest BCUT2D eigenvalue weighted by Gasteiger charge is -2.20. The largest absolute Gasteiger partial charge is 0.323 e. The zero-order chi connectivity index (χ0) is 20.5. The number of nitrogens with zero attached hydrogens (tertiary/aromatic N) is 3. The molecule has 0 saturated carbocycles. The van der Waals surface area contributed by atoms with Crippen molar-refractivity contribution in [2.75, 3.05) is 19.6 Å². The average Bonchev–Trinajstić information content (AvgIpc) is 3.08. The molecule has 0 aliphatic rings. The van der Waals surface area contributed by atoms with Crippen LogP contribution >= 0.6 is 0 Å². The SMILES string of the molecule is CCCN(CCC)CCCCc1nc2ccc(C=O)cc2n1Cc1ccccc1. The Balaban J connectivity index is 1.75. The molecule has 0 spiro atoms. The van der Waals surface area contributed by atoms with Gasteiger partial charge in [0.05, 0.1) is 11.0 Å². The van der Waals surface area contributed by atoms with Crippen LogP contribution < -0.4 is 0 Å². The third-order valence-electron chi connectivity index (χ3n) is 5.38. The highest BCUT2D eigenvalue weighted by atomic mass is 16.1. The van der Waals surface area contributed by atoms with Gasteiger partial charge in [0.2, 0.25) is 0 Å². The maximum atomic E-state index is 11.3. The first-order valence-electron chi connectivity index (χ1n) is 11.0. The molecule has 29 heavy (non-hydrogen) atoms. The summed E-state index contributed by atoms with van der Waals surface area (Å²) in [5.41, 5.74) is 3.97. The molecule has 0 aliphatic carbocycles. The van der Waals surface area contributed by atoms with Crippen LogP contribution in [0.15, 0.2) is 48.5 Å². The lowest BCUT2D eigenvalue weighted by molar-refractivity contribution is 0.112. The van der Waals surface area contributed by atoms with Crippen molar-refractivity contribution in [1.82, 2.24) is 14.5 Å². The molecule has 4 heteroatoms. The van der Waals surface area contributed by atoms with Crippen molar-refractivity contribution in [3.8, 4) is 0 Å². The van der Waals surface area contributed by atoms with Gasteiger partial charge >= 0.3 is 0 Å². The van der Waals surface area contributed by atoms with Crippen LogP contribution in [0, 0.1) is 0 Å². The molecule has 154 valence electrons. The monoisotopic (exact) mass is 391 g/mol. The van der Waals surface area contributed by atoms with Crippen molar-refractivity contribution in [2.24, 2.45) is 0 Å². The van der Waals surface area contributed by atoms with E-state index in [1.165, 1.54) is 37.9 Å². The minimum atomic E-state index is 0.702. The highest BCUT2D eigenvalue weighted by Crippen LogP contribution is 2.21.